The highest BCUT2D eigenvalue weighted by atomic mass is 16.5. The van der Waals surface area contributed by atoms with Crippen LogP contribution in [0.1, 0.15) is 24.8 Å². The average molecular weight is 332 g/mol. The minimum Gasteiger partial charge on any atom is -0.363 e. The van der Waals surface area contributed by atoms with Crippen LogP contribution in [-0.2, 0) is 20.7 Å². The molecule has 0 aliphatic carbocycles. The third-order valence-corrected chi connectivity index (χ3v) is 4.86. The predicted molar refractivity (Wildman–Crippen MR) is 87.0 cm³/mol. The van der Waals surface area contributed by atoms with Crippen LogP contribution in [0.2, 0.25) is 0 Å². The minimum atomic E-state index is -0.355. The first-order valence-electron chi connectivity index (χ1n) is 8.43. The molecule has 7 heteroatoms. The molecule has 0 bridgehead atoms. The van der Waals surface area contributed by atoms with Gasteiger partial charge in [0.1, 0.15) is 12.4 Å². The molecule has 0 radical (unpaired) electrons. The van der Waals surface area contributed by atoms with Gasteiger partial charge in [-0.3, -0.25) is 9.59 Å². The Morgan fingerprint density at radius 1 is 1.33 bits per heavy atom. The fourth-order valence-corrected chi connectivity index (χ4v) is 3.47. The summed E-state index contributed by atoms with van der Waals surface area (Å²) in [5, 5.41) is 0. The van der Waals surface area contributed by atoms with Crippen molar-refractivity contribution in [2.45, 2.75) is 37.9 Å². The number of likely N-dealkylation sites (tertiary alicyclic amines) is 1. The zero-order valence-electron chi connectivity index (χ0n) is 14.2. The third-order valence-electron chi connectivity index (χ3n) is 4.86. The van der Waals surface area contributed by atoms with Crippen LogP contribution in [0.5, 0.6) is 0 Å². The Hall–Kier alpha value is -2.02. The molecule has 3 rings (SSSR count). The Bertz CT molecular complexity index is 593. The van der Waals surface area contributed by atoms with E-state index in [1.807, 2.05) is 4.90 Å². The summed E-state index contributed by atoms with van der Waals surface area (Å²) in [5.41, 5.74) is 0.967. The molecule has 3 atom stereocenters. The Labute approximate surface area is 142 Å². The number of piperidine rings is 1. The highest BCUT2D eigenvalue weighted by molar-refractivity contribution is 5.81. The summed E-state index contributed by atoms with van der Waals surface area (Å²) in [5.74, 6) is 0.528. The van der Waals surface area contributed by atoms with E-state index >= 15 is 0 Å². The molecule has 3 heterocycles. The molecule has 7 nitrogen and oxygen atoms in total. The number of hydrogen-bond acceptors (Lipinski definition) is 5. The first-order chi connectivity index (χ1) is 11.5. The van der Waals surface area contributed by atoms with Gasteiger partial charge in [0, 0.05) is 46.0 Å². The van der Waals surface area contributed by atoms with E-state index in [9.17, 15) is 9.59 Å². The maximum Gasteiger partial charge on any atom is 0.251 e. The van der Waals surface area contributed by atoms with Gasteiger partial charge in [-0.05, 0) is 30.7 Å². The highest BCUT2D eigenvalue weighted by Crippen LogP contribution is 2.34. The number of carbonyl (C=O) groups is 2. The second-order valence-corrected chi connectivity index (χ2v) is 6.77. The van der Waals surface area contributed by atoms with Crippen molar-refractivity contribution in [3.8, 4) is 0 Å². The van der Waals surface area contributed by atoms with E-state index in [-0.39, 0.29) is 24.0 Å². The Kier molecular flexibility index (Phi) is 5.08. The molecule has 2 saturated heterocycles. The monoisotopic (exact) mass is 332 g/mol. The van der Waals surface area contributed by atoms with Crippen molar-refractivity contribution in [2.75, 3.05) is 27.2 Å². The SMILES string of the molecule is CN(C)C(=O)[C@@H]1C[C@@H]2CCN(C(=O)CCc3cncnc3)C[C@H]2O1. The quantitative estimate of drug-likeness (QED) is 0.803. The molecule has 0 saturated carbocycles. The molecule has 1 aromatic heterocycles. The number of likely N-dealkylation sites (N-methyl/N-ethyl adjacent to an activating group) is 1. The van der Waals surface area contributed by atoms with Gasteiger partial charge in [-0.15, -0.1) is 0 Å². The number of ether oxygens (including phenoxy) is 1. The van der Waals surface area contributed by atoms with Gasteiger partial charge in [-0.25, -0.2) is 9.97 Å². The number of rotatable bonds is 4. The van der Waals surface area contributed by atoms with E-state index < -0.39 is 0 Å². The number of carbonyl (C=O) groups excluding carboxylic acids is 2. The molecule has 0 aromatic carbocycles. The van der Waals surface area contributed by atoms with Crippen molar-refractivity contribution < 1.29 is 14.3 Å². The Morgan fingerprint density at radius 3 is 2.79 bits per heavy atom. The zero-order chi connectivity index (χ0) is 17.1. The smallest absolute Gasteiger partial charge is 0.251 e. The highest BCUT2D eigenvalue weighted by Gasteiger charge is 2.42. The number of aryl methyl sites for hydroxylation is 1. The van der Waals surface area contributed by atoms with Crippen molar-refractivity contribution in [1.29, 1.82) is 0 Å². The maximum absolute atomic E-state index is 12.4. The number of aromatic nitrogens is 2. The molecule has 2 fully saturated rings. The van der Waals surface area contributed by atoms with E-state index in [0.29, 0.717) is 25.3 Å². The summed E-state index contributed by atoms with van der Waals surface area (Å²) in [6, 6.07) is 0. The molecule has 24 heavy (non-hydrogen) atoms. The van der Waals surface area contributed by atoms with E-state index in [4.69, 9.17) is 4.74 Å². The van der Waals surface area contributed by atoms with Gasteiger partial charge < -0.3 is 14.5 Å². The van der Waals surface area contributed by atoms with Crippen LogP contribution < -0.4 is 0 Å². The fourth-order valence-electron chi connectivity index (χ4n) is 3.47. The van der Waals surface area contributed by atoms with Gasteiger partial charge >= 0.3 is 0 Å². The molecule has 1 aromatic rings. The third kappa shape index (κ3) is 3.72. The van der Waals surface area contributed by atoms with Crippen molar-refractivity contribution in [3.63, 3.8) is 0 Å². The van der Waals surface area contributed by atoms with Crippen LogP contribution >= 0.6 is 0 Å². The van der Waals surface area contributed by atoms with Gasteiger partial charge in [-0.2, -0.15) is 0 Å². The summed E-state index contributed by atoms with van der Waals surface area (Å²) in [4.78, 5) is 35.9. The van der Waals surface area contributed by atoms with Crippen molar-refractivity contribution in [3.05, 3.63) is 24.3 Å². The first kappa shape index (κ1) is 16.8. The lowest BCUT2D eigenvalue weighted by Crippen LogP contribution is -2.45. The summed E-state index contributed by atoms with van der Waals surface area (Å²) >= 11 is 0. The molecule has 0 N–H and O–H groups in total. The van der Waals surface area contributed by atoms with Crippen LogP contribution in [0.15, 0.2) is 18.7 Å². The van der Waals surface area contributed by atoms with E-state index in [2.05, 4.69) is 9.97 Å². The summed E-state index contributed by atoms with van der Waals surface area (Å²) in [6.07, 6.45) is 7.36. The van der Waals surface area contributed by atoms with Gasteiger partial charge in [0.2, 0.25) is 5.91 Å². The standard InChI is InChI=1S/C17H24N4O3/c1-20(2)17(23)14-7-13-5-6-21(10-15(13)24-14)16(22)4-3-12-8-18-11-19-9-12/h8-9,11,13-15H,3-7,10H2,1-2H3/t13-,14-,15+/m0/s1. The topological polar surface area (TPSA) is 75.6 Å². The lowest BCUT2D eigenvalue weighted by molar-refractivity contribution is -0.142. The minimum absolute atomic E-state index is 0.0170. The fraction of sp³-hybridized carbons (Fsp3) is 0.647. The van der Waals surface area contributed by atoms with Gasteiger partial charge in [-0.1, -0.05) is 0 Å². The largest absolute Gasteiger partial charge is 0.363 e. The normalized spacial score (nSPS) is 26.1. The molecule has 2 aliphatic heterocycles. The Balaban J connectivity index is 1.51. The van der Waals surface area contributed by atoms with Crippen molar-refractivity contribution in [1.82, 2.24) is 19.8 Å². The molecule has 2 aliphatic rings. The number of amides is 2. The van der Waals surface area contributed by atoms with Crippen LogP contribution in [0, 0.1) is 5.92 Å². The first-order valence-corrected chi connectivity index (χ1v) is 8.43. The van der Waals surface area contributed by atoms with Gasteiger partial charge in [0.05, 0.1) is 6.10 Å². The van der Waals surface area contributed by atoms with Crippen molar-refractivity contribution >= 4 is 11.8 Å². The number of fused-ring (bicyclic) bond motifs is 1. The molecule has 130 valence electrons. The molecular weight excluding hydrogens is 308 g/mol. The van der Waals surface area contributed by atoms with Gasteiger partial charge in [0.25, 0.3) is 5.91 Å². The molecule has 0 spiro atoms. The molecule has 0 unspecified atom stereocenters. The predicted octanol–water partition coefficient (Wildman–Crippen LogP) is 0.503. The maximum atomic E-state index is 12.4. The Morgan fingerprint density at radius 2 is 2.08 bits per heavy atom. The van der Waals surface area contributed by atoms with Gasteiger partial charge in [0.15, 0.2) is 0 Å². The average Bonchev–Trinajstić information content (AvgIpc) is 3.02. The van der Waals surface area contributed by atoms with Crippen LogP contribution in [0.4, 0.5) is 0 Å². The summed E-state index contributed by atoms with van der Waals surface area (Å²) in [7, 11) is 3.49. The van der Waals surface area contributed by atoms with E-state index in [1.54, 1.807) is 31.4 Å². The zero-order valence-corrected chi connectivity index (χ0v) is 14.2. The van der Waals surface area contributed by atoms with E-state index in [1.165, 1.54) is 6.33 Å². The second kappa shape index (κ2) is 7.25. The van der Waals surface area contributed by atoms with Crippen molar-refractivity contribution in [2.24, 2.45) is 5.92 Å². The lowest BCUT2D eigenvalue weighted by atomic mass is 9.91. The van der Waals surface area contributed by atoms with E-state index in [0.717, 1.165) is 24.9 Å². The number of nitrogens with zero attached hydrogens (tertiary/aromatic N) is 4. The lowest BCUT2D eigenvalue weighted by Gasteiger charge is -2.34. The van der Waals surface area contributed by atoms with Crippen LogP contribution in [0.25, 0.3) is 0 Å². The summed E-state index contributed by atoms with van der Waals surface area (Å²) < 4.78 is 5.93. The van der Waals surface area contributed by atoms with Crippen LogP contribution in [0.3, 0.4) is 0 Å². The van der Waals surface area contributed by atoms with Crippen LogP contribution in [-0.4, -0.2) is 71.0 Å². The molecule has 2 amide bonds. The summed E-state index contributed by atoms with van der Waals surface area (Å²) in [6.45, 7) is 1.34. The molecular formula is C17H24N4O3. The second-order valence-electron chi connectivity index (χ2n) is 6.77. The number of hydrogen-bond donors (Lipinski definition) is 0.